The van der Waals surface area contributed by atoms with Crippen LogP contribution in [0.1, 0.15) is 19.8 Å². The Labute approximate surface area is 169 Å². The Balaban J connectivity index is 1.32. The minimum atomic E-state index is 0.455. The molecule has 29 heavy (non-hydrogen) atoms. The molecule has 0 unspecified atom stereocenters. The van der Waals surface area contributed by atoms with E-state index in [4.69, 9.17) is 4.42 Å². The van der Waals surface area contributed by atoms with E-state index in [9.17, 15) is 0 Å². The Hall–Kier alpha value is -2.92. The molecule has 0 saturated carbocycles. The second-order valence-corrected chi connectivity index (χ2v) is 8.37. The van der Waals surface area contributed by atoms with Crippen molar-refractivity contribution < 1.29 is 4.42 Å². The molecule has 2 atom stereocenters. The molecule has 2 bridgehead atoms. The van der Waals surface area contributed by atoms with Gasteiger partial charge in [0.1, 0.15) is 17.0 Å². The molecule has 4 aromatic rings. The van der Waals surface area contributed by atoms with Gasteiger partial charge in [-0.1, -0.05) is 30.3 Å². The third kappa shape index (κ3) is 2.72. The van der Waals surface area contributed by atoms with E-state index in [1.165, 1.54) is 25.9 Å². The highest BCUT2D eigenvalue weighted by atomic mass is 16.3. The number of piperidine rings is 3. The fourth-order valence-electron chi connectivity index (χ4n) is 5.22. The van der Waals surface area contributed by atoms with Gasteiger partial charge in [0.05, 0.1) is 5.69 Å². The van der Waals surface area contributed by atoms with Crippen molar-refractivity contribution in [2.75, 3.05) is 18.4 Å². The molecule has 3 fully saturated rings. The van der Waals surface area contributed by atoms with Gasteiger partial charge in [-0.15, -0.1) is 10.2 Å². The van der Waals surface area contributed by atoms with Crippen molar-refractivity contribution in [1.29, 1.82) is 0 Å². The lowest BCUT2D eigenvalue weighted by Gasteiger charge is -2.50. The Morgan fingerprint density at radius 3 is 2.55 bits per heavy atom. The minimum absolute atomic E-state index is 0.455. The highest BCUT2D eigenvalue weighted by molar-refractivity contribution is 6.09. The zero-order chi connectivity index (χ0) is 19.4. The van der Waals surface area contributed by atoms with E-state index < -0.39 is 0 Å². The van der Waals surface area contributed by atoms with Crippen LogP contribution in [0.15, 0.2) is 59.0 Å². The second-order valence-electron chi connectivity index (χ2n) is 8.37. The van der Waals surface area contributed by atoms with E-state index in [2.05, 4.69) is 51.6 Å². The van der Waals surface area contributed by atoms with Gasteiger partial charge in [-0.05, 0) is 63.0 Å². The topological polar surface area (TPSA) is 54.2 Å². The van der Waals surface area contributed by atoms with Crippen molar-refractivity contribution in [1.82, 2.24) is 15.1 Å². The molecule has 0 radical (unpaired) electrons. The molecule has 0 aliphatic carbocycles. The summed E-state index contributed by atoms with van der Waals surface area (Å²) in [5, 5.41) is 14.9. The Bertz CT molecular complexity index is 1170. The standard InChI is InChI=1S/C24H24N4O/c1-15-23(16-11-13-28(15)14-12-16)25-22-10-9-20(26-27-22)19-7-4-6-18-17-5-2-3-8-21(17)29-24(18)19/h2-10,15-16,23H,11-14H2,1H3,(H,25,27)/t15-,23-/m1/s1. The average Bonchev–Trinajstić information content (AvgIpc) is 3.16. The molecule has 3 aliphatic rings. The maximum absolute atomic E-state index is 6.15. The lowest BCUT2D eigenvalue weighted by atomic mass is 9.79. The van der Waals surface area contributed by atoms with Gasteiger partial charge < -0.3 is 9.73 Å². The van der Waals surface area contributed by atoms with Crippen molar-refractivity contribution in [3.63, 3.8) is 0 Å². The number of anilines is 1. The third-order valence-electron chi connectivity index (χ3n) is 6.84. The molecule has 0 amide bonds. The van der Waals surface area contributed by atoms with Crippen LogP contribution in [0.25, 0.3) is 33.2 Å². The molecule has 7 rings (SSSR count). The largest absolute Gasteiger partial charge is 0.455 e. The van der Waals surface area contributed by atoms with E-state index in [1.54, 1.807) is 0 Å². The number of nitrogens with one attached hydrogen (secondary N) is 1. The number of fused-ring (bicyclic) bond motifs is 6. The first-order valence-corrected chi connectivity index (χ1v) is 10.5. The van der Waals surface area contributed by atoms with Crippen LogP contribution in [0.3, 0.4) is 0 Å². The van der Waals surface area contributed by atoms with Gasteiger partial charge in [-0.2, -0.15) is 0 Å². The molecule has 3 saturated heterocycles. The molecule has 3 aliphatic heterocycles. The number of nitrogens with zero attached hydrogens (tertiary/aromatic N) is 3. The van der Waals surface area contributed by atoms with Gasteiger partial charge in [0.25, 0.3) is 0 Å². The van der Waals surface area contributed by atoms with Crippen LogP contribution in [0.4, 0.5) is 5.82 Å². The van der Waals surface area contributed by atoms with E-state index in [1.807, 2.05) is 30.3 Å². The van der Waals surface area contributed by atoms with Crippen molar-refractivity contribution in [3.05, 3.63) is 54.6 Å². The van der Waals surface area contributed by atoms with Crippen LogP contribution < -0.4 is 5.32 Å². The zero-order valence-electron chi connectivity index (χ0n) is 16.5. The highest BCUT2D eigenvalue weighted by Gasteiger charge is 2.39. The van der Waals surface area contributed by atoms with Gasteiger partial charge >= 0.3 is 0 Å². The molecular formula is C24H24N4O. The van der Waals surface area contributed by atoms with Crippen molar-refractivity contribution >= 4 is 27.8 Å². The van der Waals surface area contributed by atoms with Crippen molar-refractivity contribution in [3.8, 4) is 11.3 Å². The first kappa shape index (κ1) is 17.0. The molecule has 1 N–H and O–H groups in total. The Morgan fingerprint density at radius 2 is 1.76 bits per heavy atom. The fraction of sp³-hybridized carbons (Fsp3) is 0.333. The number of hydrogen-bond donors (Lipinski definition) is 1. The summed E-state index contributed by atoms with van der Waals surface area (Å²) in [4.78, 5) is 2.59. The first-order valence-electron chi connectivity index (χ1n) is 10.5. The predicted octanol–water partition coefficient (Wildman–Crippen LogP) is 4.94. The van der Waals surface area contributed by atoms with E-state index in [0.717, 1.165) is 44.9 Å². The van der Waals surface area contributed by atoms with Crippen LogP contribution in [0, 0.1) is 5.92 Å². The summed E-state index contributed by atoms with van der Waals surface area (Å²) >= 11 is 0. The Kier molecular flexibility index (Phi) is 3.84. The molecule has 2 aromatic heterocycles. The molecule has 5 heteroatoms. The number of furan rings is 1. The summed E-state index contributed by atoms with van der Waals surface area (Å²) in [6.07, 6.45) is 2.56. The summed E-state index contributed by atoms with van der Waals surface area (Å²) in [5.74, 6) is 1.59. The van der Waals surface area contributed by atoms with Crippen LogP contribution >= 0.6 is 0 Å². The van der Waals surface area contributed by atoms with E-state index >= 15 is 0 Å². The molecule has 5 nitrogen and oxygen atoms in total. The molecule has 5 heterocycles. The van der Waals surface area contributed by atoms with Gasteiger partial charge in [0, 0.05) is 28.4 Å². The van der Waals surface area contributed by atoms with Crippen LogP contribution in [-0.4, -0.2) is 40.3 Å². The quantitative estimate of drug-likeness (QED) is 0.542. The van der Waals surface area contributed by atoms with Gasteiger partial charge in [0.2, 0.25) is 0 Å². The van der Waals surface area contributed by atoms with Crippen LogP contribution in [0.5, 0.6) is 0 Å². The van der Waals surface area contributed by atoms with Gasteiger partial charge in [-0.25, -0.2) is 0 Å². The lowest BCUT2D eigenvalue weighted by Crippen LogP contribution is -2.59. The molecule has 0 spiro atoms. The Morgan fingerprint density at radius 1 is 0.931 bits per heavy atom. The summed E-state index contributed by atoms with van der Waals surface area (Å²) in [6.45, 7) is 4.79. The summed E-state index contributed by atoms with van der Waals surface area (Å²) in [6, 6.07) is 19.5. The van der Waals surface area contributed by atoms with Gasteiger partial charge in [-0.3, -0.25) is 4.90 Å². The van der Waals surface area contributed by atoms with Crippen LogP contribution in [-0.2, 0) is 0 Å². The van der Waals surface area contributed by atoms with Crippen LogP contribution in [0.2, 0.25) is 0 Å². The monoisotopic (exact) mass is 384 g/mol. The number of para-hydroxylation sites is 2. The zero-order valence-corrected chi connectivity index (χ0v) is 16.5. The molecule has 146 valence electrons. The lowest BCUT2D eigenvalue weighted by molar-refractivity contribution is 0.0457. The van der Waals surface area contributed by atoms with E-state index in [0.29, 0.717) is 12.1 Å². The van der Waals surface area contributed by atoms with Crippen molar-refractivity contribution in [2.45, 2.75) is 31.8 Å². The molecular weight excluding hydrogens is 360 g/mol. The number of aromatic nitrogens is 2. The summed E-state index contributed by atoms with van der Waals surface area (Å²) in [7, 11) is 0. The second kappa shape index (κ2) is 6.56. The third-order valence-corrected chi connectivity index (χ3v) is 6.84. The molecule has 2 aromatic carbocycles. The van der Waals surface area contributed by atoms with Gasteiger partial charge in [0.15, 0.2) is 0 Å². The fourth-order valence-corrected chi connectivity index (χ4v) is 5.22. The first-order chi connectivity index (χ1) is 14.3. The minimum Gasteiger partial charge on any atom is -0.455 e. The smallest absolute Gasteiger partial charge is 0.148 e. The number of benzene rings is 2. The summed E-state index contributed by atoms with van der Waals surface area (Å²) < 4.78 is 6.15. The average molecular weight is 384 g/mol. The maximum Gasteiger partial charge on any atom is 0.148 e. The summed E-state index contributed by atoms with van der Waals surface area (Å²) in [5.41, 5.74) is 3.59. The van der Waals surface area contributed by atoms with Crippen molar-refractivity contribution in [2.24, 2.45) is 5.92 Å². The predicted molar refractivity (Wildman–Crippen MR) is 116 cm³/mol. The number of hydrogen-bond acceptors (Lipinski definition) is 5. The normalized spacial score (nSPS) is 26.2. The number of rotatable bonds is 3. The highest BCUT2D eigenvalue weighted by Crippen LogP contribution is 2.36. The maximum atomic E-state index is 6.15. The van der Waals surface area contributed by atoms with E-state index in [-0.39, 0.29) is 0 Å². The SMILES string of the molecule is C[C@@H]1[C@@H](Nc2ccc(-c3cccc4c3oc3ccccc34)nn2)C2CCN1CC2.